The molecule has 0 radical (unpaired) electrons. The van der Waals surface area contributed by atoms with Gasteiger partial charge in [0.1, 0.15) is 5.82 Å². The molecule has 0 aliphatic carbocycles. The van der Waals surface area contributed by atoms with Crippen molar-refractivity contribution in [2.24, 2.45) is 0 Å². The van der Waals surface area contributed by atoms with Crippen LogP contribution in [0.15, 0.2) is 24.3 Å². The summed E-state index contributed by atoms with van der Waals surface area (Å²) in [4.78, 5) is 2.54. The Bertz CT molecular complexity index is 342. The van der Waals surface area contributed by atoms with Gasteiger partial charge in [0.25, 0.3) is 0 Å². The Hall–Kier alpha value is -0.930. The highest BCUT2D eigenvalue weighted by Crippen LogP contribution is 2.11. The molecule has 1 aliphatic heterocycles. The standard InChI is InChI=1S/C15H23FN2/c1-2-9-18-10-7-15(8-11-18)17-12-13-3-5-14(16)6-4-13/h3-6,15,17H,2,7-12H2,1H3. The Morgan fingerprint density at radius 3 is 2.50 bits per heavy atom. The maximum atomic E-state index is 12.8. The number of likely N-dealkylation sites (tertiary alicyclic amines) is 1. The van der Waals surface area contributed by atoms with Crippen molar-refractivity contribution in [3.63, 3.8) is 0 Å². The van der Waals surface area contributed by atoms with Crippen molar-refractivity contribution in [2.45, 2.75) is 38.8 Å². The molecule has 1 saturated heterocycles. The van der Waals surface area contributed by atoms with Gasteiger partial charge in [-0.1, -0.05) is 19.1 Å². The fourth-order valence-electron chi connectivity index (χ4n) is 2.54. The van der Waals surface area contributed by atoms with Crippen LogP contribution in [0.3, 0.4) is 0 Å². The minimum absolute atomic E-state index is 0.161. The third kappa shape index (κ3) is 4.07. The molecule has 100 valence electrons. The fourth-order valence-corrected chi connectivity index (χ4v) is 2.54. The van der Waals surface area contributed by atoms with Gasteiger partial charge in [-0.3, -0.25) is 0 Å². The van der Waals surface area contributed by atoms with E-state index in [9.17, 15) is 4.39 Å². The van der Waals surface area contributed by atoms with E-state index >= 15 is 0 Å². The predicted molar refractivity (Wildman–Crippen MR) is 73.0 cm³/mol. The molecule has 0 atom stereocenters. The van der Waals surface area contributed by atoms with Crippen LogP contribution >= 0.6 is 0 Å². The molecule has 18 heavy (non-hydrogen) atoms. The smallest absolute Gasteiger partial charge is 0.123 e. The van der Waals surface area contributed by atoms with Crippen molar-refractivity contribution in [2.75, 3.05) is 19.6 Å². The van der Waals surface area contributed by atoms with Crippen molar-refractivity contribution in [1.82, 2.24) is 10.2 Å². The molecule has 1 heterocycles. The van der Waals surface area contributed by atoms with Crippen molar-refractivity contribution >= 4 is 0 Å². The molecule has 0 bridgehead atoms. The second kappa shape index (κ2) is 6.86. The van der Waals surface area contributed by atoms with Crippen LogP contribution in [0.5, 0.6) is 0 Å². The van der Waals surface area contributed by atoms with E-state index in [1.807, 2.05) is 12.1 Å². The topological polar surface area (TPSA) is 15.3 Å². The van der Waals surface area contributed by atoms with Gasteiger partial charge >= 0.3 is 0 Å². The molecular weight excluding hydrogens is 227 g/mol. The summed E-state index contributed by atoms with van der Waals surface area (Å²) in [5.41, 5.74) is 1.16. The molecule has 1 aromatic rings. The Balaban J connectivity index is 1.70. The summed E-state index contributed by atoms with van der Waals surface area (Å²) in [7, 11) is 0. The molecule has 2 nitrogen and oxygen atoms in total. The Kier molecular flexibility index (Phi) is 5.14. The highest BCUT2D eigenvalue weighted by molar-refractivity contribution is 5.15. The van der Waals surface area contributed by atoms with Gasteiger partial charge in [-0.15, -0.1) is 0 Å². The average Bonchev–Trinajstić information content (AvgIpc) is 2.40. The molecule has 1 N–H and O–H groups in total. The molecular formula is C15H23FN2. The van der Waals surface area contributed by atoms with E-state index in [0.717, 1.165) is 12.1 Å². The first-order chi connectivity index (χ1) is 8.78. The van der Waals surface area contributed by atoms with E-state index in [-0.39, 0.29) is 5.82 Å². The summed E-state index contributed by atoms with van der Waals surface area (Å²) in [6.07, 6.45) is 3.69. The fraction of sp³-hybridized carbons (Fsp3) is 0.600. The first-order valence-electron chi connectivity index (χ1n) is 6.98. The molecule has 0 saturated carbocycles. The molecule has 0 amide bonds. The Morgan fingerprint density at radius 2 is 1.89 bits per heavy atom. The zero-order chi connectivity index (χ0) is 12.8. The van der Waals surface area contributed by atoms with E-state index in [4.69, 9.17) is 0 Å². The average molecular weight is 250 g/mol. The third-order valence-corrected chi connectivity index (χ3v) is 3.64. The maximum absolute atomic E-state index is 12.8. The number of benzene rings is 1. The van der Waals surface area contributed by atoms with Crippen LogP contribution in [-0.2, 0) is 6.54 Å². The lowest BCUT2D eigenvalue weighted by atomic mass is 10.0. The number of hydrogen-bond donors (Lipinski definition) is 1. The second-order valence-corrected chi connectivity index (χ2v) is 5.12. The van der Waals surface area contributed by atoms with E-state index in [1.165, 1.54) is 51.0 Å². The van der Waals surface area contributed by atoms with Gasteiger partial charge in [-0.2, -0.15) is 0 Å². The predicted octanol–water partition coefficient (Wildman–Crippen LogP) is 2.79. The summed E-state index contributed by atoms with van der Waals surface area (Å²) in [6.45, 7) is 6.71. The second-order valence-electron chi connectivity index (χ2n) is 5.12. The highest BCUT2D eigenvalue weighted by Gasteiger charge is 2.17. The van der Waals surface area contributed by atoms with Crippen LogP contribution in [-0.4, -0.2) is 30.6 Å². The Labute approximate surface area is 109 Å². The first-order valence-corrected chi connectivity index (χ1v) is 6.98. The van der Waals surface area contributed by atoms with Gasteiger partial charge in [-0.05, 0) is 56.6 Å². The summed E-state index contributed by atoms with van der Waals surface area (Å²) in [5.74, 6) is -0.161. The summed E-state index contributed by atoms with van der Waals surface area (Å²) in [5, 5.41) is 3.57. The van der Waals surface area contributed by atoms with Gasteiger partial charge in [0.05, 0.1) is 0 Å². The molecule has 1 fully saturated rings. The summed E-state index contributed by atoms with van der Waals surface area (Å²) in [6, 6.07) is 7.38. The SMILES string of the molecule is CCCN1CCC(NCc2ccc(F)cc2)CC1. The van der Waals surface area contributed by atoms with Crippen LogP contribution in [0.1, 0.15) is 31.7 Å². The Morgan fingerprint density at radius 1 is 1.22 bits per heavy atom. The zero-order valence-corrected chi connectivity index (χ0v) is 11.2. The van der Waals surface area contributed by atoms with Crippen LogP contribution in [0.4, 0.5) is 4.39 Å². The van der Waals surface area contributed by atoms with Crippen molar-refractivity contribution in [3.8, 4) is 0 Å². The van der Waals surface area contributed by atoms with Crippen LogP contribution < -0.4 is 5.32 Å². The summed E-state index contributed by atoms with van der Waals surface area (Å²) < 4.78 is 12.8. The summed E-state index contributed by atoms with van der Waals surface area (Å²) >= 11 is 0. The van der Waals surface area contributed by atoms with Gasteiger partial charge in [-0.25, -0.2) is 4.39 Å². The highest BCUT2D eigenvalue weighted by atomic mass is 19.1. The van der Waals surface area contributed by atoms with Crippen molar-refractivity contribution < 1.29 is 4.39 Å². The van der Waals surface area contributed by atoms with Crippen LogP contribution in [0.25, 0.3) is 0 Å². The molecule has 2 rings (SSSR count). The lowest BCUT2D eigenvalue weighted by Gasteiger charge is -2.32. The van der Waals surface area contributed by atoms with Crippen LogP contribution in [0, 0.1) is 5.82 Å². The number of piperidine rings is 1. The molecule has 3 heteroatoms. The van der Waals surface area contributed by atoms with E-state index in [1.54, 1.807) is 0 Å². The molecule has 1 aliphatic rings. The van der Waals surface area contributed by atoms with Crippen molar-refractivity contribution in [1.29, 1.82) is 0 Å². The number of hydrogen-bond acceptors (Lipinski definition) is 2. The first kappa shape index (κ1) is 13.5. The van der Waals surface area contributed by atoms with E-state index < -0.39 is 0 Å². The minimum atomic E-state index is -0.161. The van der Waals surface area contributed by atoms with E-state index in [2.05, 4.69) is 17.1 Å². The monoisotopic (exact) mass is 250 g/mol. The van der Waals surface area contributed by atoms with Crippen LogP contribution in [0.2, 0.25) is 0 Å². The molecule has 1 aromatic carbocycles. The minimum Gasteiger partial charge on any atom is -0.310 e. The lowest BCUT2D eigenvalue weighted by Crippen LogP contribution is -2.42. The number of halogens is 1. The zero-order valence-electron chi connectivity index (χ0n) is 11.2. The lowest BCUT2D eigenvalue weighted by molar-refractivity contribution is 0.197. The van der Waals surface area contributed by atoms with Gasteiger partial charge in [0, 0.05) is 12.6 Å². The van der Waals surface area contributed by atoms with E-state index in [0.29, 0.717) is 6.04 Å². The molecule has 0 unspecified atom stereocenters. The van der Waals surface area contributed by atoms with Gasteiger partial charge in [0.2, 0.25) is 0 Å². The number of nitrogens with one attached hydrogen (secondary N) is 1. The van der Waals surface area contributed by atoms with Gasteiger partial charge < -0.3 is 10.2 Å². The number of rotatable bonds is 5. The quantitative estimate of drug-likeness (QED) is 0.864. The molecule has 0 aromatic heterocycles. The van der Waals surface area contributed by atoms with Crippen molar-refractivity contribution in [3.05, 3.63) is 35.6 Å². The maximum Gasteiger partial charge on any atom is 0.123 e. The largest absolute Gasteiger partial charge is 0.310 e. The van der Waals surface area contributed by atoms with Gasteiger partial charge in [0.15, 0.2) is 0 Å². The normalized spacial score (nSPS) is 18.1. The number of nitrogens with zero attached hydrogens (tertiary/aromatic N) is 1. The molecule has 0 spiro atoms. The third-order valence-electron chi connectivity index (χ3n) is 3.64.